The van der Waals surface area contributed by atoms with E-state index < -0.39 is 18.0 Å². The Hall–Kier alpha value is -4.70. The molecule has 0 unspecified atom stereocenters. The number of rotatable bonds is 7. The normalized spacial score (nSPS) is 14.8. The van der Waals surface area contributed by atoms with Gasteiger partial charge in [-0.2, -0.15) is 0 Å². The first-order chi connectivity index (χ1) is 21.0. The van der Waals surface area contributed by atoms with Gasteiger partial charge in [0.25, 0.3) is 5.56 Å². The first kappa shape index (κ1) is 30.7. The van der Waals surface area contributed by atoms with Gasteiger partial charge in [0, 0.05) is 17.1 Å². The number of hydrogen-bond donors (Lipinski definition) is 0. The molecule has 5 rings (SSSR count). The second kappa shape index (κ2) is 12.1. The number of methoxy groups -OCH3 is 2. The molecule has 0 bridgehead atoms. The number of fused-ring (bicyclic) bond motifs is 1. The van der Waals surface area contributed by atoms with Crippen LogP contribution in [0.2, 0.25) is 0 Å². The van der Waals surface area contributed by atoms with Crippen LogP contribution in [0.15, 0.2) is 69.6 Å². The molecule has 1 atom stereocenters. The monoisotopic (exact) mass is 613 g/mol. The fourth-order valence-corrected chi connectivity index (χ4v) is 6.67. The van der Waals surface area contributed by atoms with E-state index in [1.165, 1.54) is 18.4 Å². The highest BCUT2D eigenvalue weighted by molar-refractivity contribution is 7.07. The fourth-order valence-electron chi connectivity index (χ4n) is 5.63. The maximum atomic E-state index is 14.2. The Kier molecular flexibility index (Phi) is 8.47. The van der Waals surface area contributed by atoms with Crippen LogP contribution in [-0.4, -0.2) is 41.4 Å². The average Bonchev–Trinajstić information content (AvgIpc) is 3.44. The van der Waals surface area contributed by atoms with Crippen molar-refractivity contribution >= 4 is 29.4 Å². The van der Waals surface area contributed by atoms with E-state index in [4.69, 9.17) is 19.2 Å². The maximum Gasteiger partial charge on any atom is 0.338 e. The first-order valence-electron chi connectivity index (χ1n) is 14.2. The van der Waals surface area contributed by atoms with E-state index in [0.29, 0.717) is 37.5 Å². The second-order valence-corrected chi connectivity index (χ2v) is 11.9. The van der Waals surface area contributed by atoms with Gasteiger partial charge in [-0.1, -0.05) is 29.5 Å². The molecular weight excluding hydrogens is 578 g/mol. The highest BCUT2D eigenvalue weighted by Crippen LogP contribution is 2.33. The Morgan fingerprint density at radius 3 is 2.41 bits per heavy atom. The summed E-state index contributed by atoms with van der Waals surface area (Å²) >= 11 is 1.27. The lowest BCUT2D eigenvalue weighted by atomic mass is 9.95. The van der Waals surface area contributed by atoms with Crippen molar-refractivity contribution in [2.45, 2.75) is 53.7 Å². The summed E-state index contributed by atoms with van der Waals surface area (Å²) in [4.78, 5) is 45.1. The quantitative estimate of drug-likeness (QED) is 0.280. The molecule has 0 fully saturated rings. The molecule has 0 amide bonds. The largest absolute Gasteiger partial charge is 0.497 e. The SMILES string of the molecule is COC(=O)c1cccc(-n2c(C)cc(/C=c3\sc4n(c3=O)[C@@H](c3cccc(OC)c3)C(C(=O)OC(C)C)=C(C)N=4)c2C)c1C. The minimum absolute atomic E-state index is 0.266. The molecule has 2 aromatic heterocycles. The van der Waals surface area contributed by atoms with Crippen LogP contribution in [-0.2, 0) is 14.3 Å². The van der Waals surface area contributed by atoms with E-state index in [1.54, 1.807) is 38.5 Å². The van der Waals surface area contributed by atoms with Crippen LogP contribution in [0.25, 0.3) is 11.8 Å². The van der Waals surface area contributed by atoms with Crippen molar-refractivity contribution in [3.05, 3.63) is 113 Å². The number of allylic oxidation sites excluding steroid dienone is 1. The predicted octanol–water partition coefficient (Wildman–Crippen LogP) is 4.70. The lowest BCUT2D eigenvalue weighted by molar-refractivity contribution is -0.143. The molecule has 0 saturated heterocycles. The van der Waals surface area contributed by atoms with Gasteiger partial charge in [0.2, 0.25) is 0 Å². The van der Waals surface area contributed by atoms with Crippen LogP contribution in [0.3, 0.4) is 0 Å². The third-order valence-corrected chi connectivity index (χ3v) is 8.69. The Balaban J connectivity index is 1.69. The minimum atomic E-state index is -0.745. The number of ether oxygens (including phenoxy) is 3. The van der Waals surface area contributed by atoms with Gasteiger partial charge in [-0.3, -0.25) is 9.36 Å². The molecular formula is C34H35N3O6S. The molecule has 0 aliphatic carbocycles. The summed E-state index contributed by atoms with van der Waals surface area (Å²) in [7, 11) is 2.94. The molecule has 10 heteroatoms. The summed E-state index contributed by atoms with van der Waals surface area (Å²) < 4.78 is 20.1. The summed E-state index contributed by atoms with van der Waals surface area (Å²) in [6, 6.07) is 14.1. The number of thiazole rings is 1. The van der Waals surface area contributed by atoms with Crippen molar-refractivity contribution in [2.24, 2.45) is 4.99 Å². The highest BCUT2D eigenvalue weighted by atomic mass is 32.1. The Bertz CT molecular complexity index is 2010. The van der Waals surface area contributed by atoms with Gasteiger partial charge < -0.3 is 18.8 Å². The molecule has 2 aromatic carbocycles. The molecule has 0 spiro atoms. The Morgan fingerprint density at radius 2 is 1.73 bits per heavy atom. The third kappa shape index (κ3) is 5.41. The van der Waals surface area contributed by atoms with Gasteiger partial charge in [-0.05, 0) is 94.6 Å². The van der Waals surface area contributed by atoms with Crippen LogP contribution < -0.4 is 19.6 Å². The zero-order valence-corrected chi connectivity index (χ0v) is 26.9. The van der Waals surface area contributed by atoms with E-state index in [-0.39, 0.29) is 11.7 Å². The zero-order valence-electron chi connectivity index (χ0n) is 26.1. The molecule has 1 aliphatic heterocycles. The smallest absolute Gasteiger partial charge is 0.338 e. The van der Waals surface area contributed by atoms with E-state index in [2.05, 4.69) is 4.57 Å². The van der Waals surface area contributed by atoms with Gasteiger partial charge in [-0.15, -0.1) is 0 Å². The number of aryl methyl sites for hydroxylation is 1. The highest BCUT2D eigenvalue weighted by Gasteiger charge is 2.34. The zero-order chi connectivity index (χ0) is 31.9. The standard InChI is InChI=1S/C34H35N3O6S/c1-18(2)43-33(40)29-21(5)35-34-37(30(29)23-11-9-12-25(16-23)41-7)31(38)28(44-34)17-24-15-19(3)36(22(24)6)27-14-10-13-26(20(27)4)32(39)42-8/h9-18,30H,1-8H3/b28-17-/t30-/m0/s1. The lowest BCUT2D eigenvalue weighted by Crippen LogP contribution is -2.40. The van der Waals surface area contributed by atoms with Crippen molar-refractivity contribution in [3.63, 3.8) is 0 Å². The summed E-state index contributed by atoms with van der Waals surface area (Å²) in [6.45, 7) is 11.2. The van der Waals surface area contributed by atoms with E-state index in [9.17, 15) is 14.4 Å². The predicted molar refractivity (Wildman–Crippen MR) is 169 cm³/mol. The van der Waals surface area contributed by atoms with E-state index >= 15 is 0 Å². The van der Waals surface area contributed by atoms with Gasteiger partial charge in [0.05, 0.1) is 47.7 Å². The van der Waals surface area contributed by atoms with Crippen molar-refractivity contribution in [3.8, 4) is 11.4 Å². The Labute approximate surface area is 259 Å². The molecule has 9 nitrogen and oxygen atoms in total. The molecule has 1 aliphatic rings. The number of benzene rings is 2. The first-order valence-corrected chi connectivity index (χ1v) is 15.0. The summed E-state index contributed by atoms with van der Waals surface area (Å²) in [5.41, 5.74) is 6.08. The fraction of sp³-hybridized carbons (Fsp3) is 0.294. The number of carbonyl (C=O) groups excluding carboxylic acids is 2. The maximum absolute atomic E-state index is 14.2. The van der Waals surface area contributed by atoms with Crippen molar-refractivity contribution in [2.75, 3.05) is 14.2 Å². The molecule has 44 heavy (non-hydrogen) atoms. The van der Waals surface area contributed by atoms with Gasteiger partial charge in [0.1, 0.15) is 5.75 Å². The van der Waals surface area contributed by atoms with Gasteiger partial charge in [-0.25, -0.2) is 14.6 Å². The average molecular weight is 614 g/mol. The van der Waals surface area contributed by atoms with Crippen molar-refractivity contribution < 1.29 is 23.8 Å². The lowest BCUT2D eigenvalue weighted by Gasteiger charge is -2.25. The Morgan fingerprint density at radius 1 is 1.00 bits per heavy atom. The summed E-state index contributed by atoms with van der Waals surface area (Å²) in [5, 5.41) is 0. The van der Waals surface area contributed by atoms with Crippen molar-refractivity contribution in [1.82, 2.24) is 9.13 Å². The van der Waals surface area contributed by atoms with Gasteiger partial charge in [0.15, 0.2) is 4.80 Å². The molecule has 4 aromatic rings. The van der Waals surface area contributed by atoms with Crippen LogP contribution in [0.4, 0.5) is 0 Å². The number of hydrogen-bond acceptors (Lipinski definition) is 8. The topological polar surface area (TPSA) is 101 Å². The number of nitrogens with zero attached hydrogens (tertiary/aromatic N) is 3. The van der Waals surface area contributed by atoms with Crippen LogP contribution >= 0.6 is 11.3 Å². The molecule has 0 N–H and O–H groups in total. The van der Waals surface area contributed by atoms with E-state index in [0.717, 1.165) is 28.2 Å². The second-order valence-electron chi connectivity index (χ2n) is 10.9. The third-order valence-electron chi connectivity index (χ3n) is 7.70. The van der Waals surface area contributed by atoms with Crippen LogP contribution in [0, 0.1) is 20.8 Å². The number of aromatic nitrogens is 2. The summed E-state index contributed by atoms with van der Waals surface area (Å²) in [5.74, 6) is -0.308. The van der Waals surface area contributed by atoms with Crippen LogP contribution in [0.5, 0.6) is 5.75 Å². The summed E-state index contributed by atoms with van der Waals surface area (Å²) in [6.07, 6.45) is 1.52. The molecule has 3 heterocycles. The van der Waals surface area contributed by atoms with Crippen LogP contribution in [0.1, 0.15) is 65.2 Å². The molecule has 0 saturated carbocycles. The number of esters is 2. The minimum Gasteiger partial charge on any atom is -0.497 e. The van der Waals surface area contributed by atoms with Crippen molar-refractivity contribution in [1.29, 1.82) is 0 Å². The molecule has 0 radical (unpaired) electrons. The molecule has 228 valence electrons. The number of carbonyl (C=O) groups is 2. The van der Waals surface area contributed by atoms with Gasteiger partial charge >= 0.3 is 11.9 Å². The van der Waals surface area contributed by atoms with E-state index in [1.807, 2.05) is 69.3 Å².